The third-order valence-corrected chi connectivity index (χ3v) is 4.59. The van der Waals surface area contributed by atoms with E-state index in [1.54, 1.807) is 48.7 Å². The number of para-hydroxylation sites is 1. The van der Waals surface area contributed by atoms with Crippen LogP contribution in [0, 0.1) is 0 Å². The predicted octanol–water partition coefficient (Wildman–Crippen LogP) is 1.91. The summed E-state index contributed by atoms with van der Waals surface area (Å²) in [5.74, 6) is 1.51. The number of hydrogen-bond acceptors (Lipinski definition) is 5. The van der Waals surface area contributed by atoms with Gasteiger partial charge in [-0.05, 0) is 36.4 Å². The minimum absolute atomic E-state index is 0.165. The van der Waals surface area contributed by atoms with E-state index in [0.29, 0.717) is 35.0 Å². The molecule has 3 aromatic rings. The Morgan fingerprint density at radius 1 is 1.00 bits per heavy atom. The van der Waals surface area contributed by atoms with Crippen LogP contribution in [0.2, 0.25) is 0 Å². The van der Waals surface area contributed by atoms with Gasteiger partial charge < -0.3 is 29.4 Å². The van der Waals surface area contributed by atoms with Gasteiger partial charge in [0.15, 0.2) is 23.8 Å². The van der Waals surface area contributed by atoms with Crippen LogP contribution >= 0.6 is 0 Å². The van der Waals surface area contributed by atoms with Gasteiger partial charge in [0.05, 0.1) is 24.6 Å². The maximum Gasteiger partial charge on any atom is 0.279 e. The first-order valence-electron chi connectivity index (χ1n) is 9.52. The highest BCUT2D eigenvalue weighted by Crippen LogP contribution is 2.34. The third-order valence-electron chi connectivity index (χ3n) is 4.59. The molecule has 30 heavy (non-hydrogen) atoms. The highest BCUT2D eigenvalue weighted by atomic mass is 16.7. The van der Waals surface area contributed by atoms with Gasteiger partial charge >= 0.3 is 0 Å². The highest BCUT2D eigenvalue weighted by Gasteiger charge is 2.18. The van der Waals surface area contributed by atoms with E-state index < -0.39 is 0 Å². The lowest BCUT2D eigenvalue weighted by atomic mass is 10.1. The van der Waals surface area contributed by atoms with Gasteiger partial charge in [-0.3, -0.25) is 9.59 Å². The van der Waals surface area contributed by atoms with Crippen molar-refractivity contribution in [2.45, 2.75) is 6.54 Å². The Bertz CT molecular complexity index is 1050. The first-order valence-corrected chi connectivity index (χ1v) is 9.52. The molecule has 1 aliphatic rings. The zero-order valence-electron chi connectivity index (χ0n) is 16.4. The monoisotopic (exact) mass is 408 g/mol. The fraction of sp³-hybridized carbons (Fsp3) is 0.182. The van der Waals surface area contributed by atoms with E-state index in [2.05, 4.69) is 10.6 Å². The van der Waals surface area contributed by atoms with E-state index in [1.165, 1.54) is 0 Å². The highest BCUT2D eigenvalue weighted by molar-refractivity contribution is 6.10. The Kier molecular flexibility index (Phi) is 5.67. The smallest absolute Gasteiger partial charge is 0.279 e. The number of carbonyl (C=O) groups is 2. The van der Waals surface area contributed by atoms with E-state index in [4.69, 9.17) is 13.9 Å². The molecule has 2 aromatic carbocycles. The van der Waals surface area contributed by atoms with Crippen molar-refractivity contribution in [2.75, 3.05) is 31.0 Å². The lowest BCUT2D eigenvalue weighted by Crippen LogP contribution is -3.08. The fourth-order valence-corrected chi connectivity index (χ4v) is 3.20. The van der Waals surface area contributed by atoms with Gasteiger partial charge in [-0.2, -0.15) is 0 Å². The number of ether oxygens (including phenoxy) is 2. The third kappa shape index (κ3) is 4.61. The normalized spacial score (nSPS) is 13.0. The molecule has 3 N–H and O–H groups in total. The first-order chi connectivity index (χ1) is 14.6. The number of anilines is 2. The molecule has 0 saturated carbocycles. The zero-order valence-corrected chi connectivity index (χ0v) is 16.4. The van der Waals surface area contributed by atoms with Crippen LogP contribution in [0.4, 0.5) is 11.4 Å². The van der Waals surface area contributed by atoms with Gasteiger partial charge in [-0.1, -0.05) is 12.1 Å². The van der Waals surface area contributed by atoms with Gasteiger partial charge in [0.1, 0.15) is 6.54 Å². The fourth-order valence-electron chi connectivity index (χ4n) is 3.20. The van der Waals surface area contributed by atoms with E-state index >= 15 is 0 Å². The van der Waals surface area contributed by atoms with Crippen LogP contribution in [0.3, 0.4) is 0 Å². The van der Waals surface area contributed by atoms with Crippen molar-refractivity contribution in [1.82, 2.24) is 0 Å². The molecule has 8 heteroatoms. The standard InChI is InChI=1S/C22H21N3O5/c1-25(12-16-5-4-10-28-16)13-21(26)24-18-7-3-2-6-17(18)22(27)23-15-8-9-19-20(11-15)30-14-29-19/h2-11H,12-14H2,1H3,(H,23,27)(H,24,26)/p+1. The molecule has 8 nitrogen and oxygen atoms in total. The SMILES string of the molecule is C[NH+](CC(=O)Nc1ccccc1C(=O)Nc1ccc2c(c1)OCO2)Cc1ccco1. The topological polar surface area (TPSA) is 94.2 Å². The van der Waals surface area contributed by atoms with Crippen LogP contribution in [0.25, 0.3) is 0 Å². The van der Waals surface area contributed by atoms with Crippen molar-refractivity contribution in [2.24, 2.45) is 0 Å². The maximum atomic E-state index is 12.8. The summed E-state index contributed by atoms with van der Waals surface area (Å²) >= 11 is 0. The molecule has 2 amide bonds. The van der Waals surface area contributed by atoms with E-state index in [-0.39, 0.29) is 25.2 Å². The van der Waals surface area contributed by atoms with Gasteiger partial charge in [0.2, 0.25) is 6.79 Å². The number of rotatable bonds is 7. The van der Waals surface area contributed by atoms with Crippen LogP contribution in [-0.4, -0.2) is 32.2 Å². The van der Waals surface area contributed by atoms with E-state index in [0.717, 1.165) is 10.7 Å². The van der Waals surface area contributed by atoms with Crippen molar-refractivity contribution in [3.05, 3.63) is 72.2 Å². The number of fused-ring (bicyclic) bond motifs is 1. The molecule has 154 valence electrons. The lowest BCUT2D eigenvalue weighted by Gasteiger charge is -2.14. The second-order valence-electron chi connectivity index (χ2n) is 7.01. The van der Waals surface area contributed by atoms with Gasteiger partial charge in [0, 0.05) is 11.8 Å². The summed E-state index contributed by atoms with van der Waals surface area (Å²) in [5.41, 5.74) is 1.40. The average molecular weight is 408 g/mol. The Balaban J connectivity index is 1.40. The second-order valence-corrected chi connectivity index (χ2v) is 7.01. The zero-order chi connectivity index (χ0) is 20.9. The number of benzene rings is 2. The number of furan rings is 1. The molecule has 1 aliphatic heterocycles. The molecule has 1 aromatic heterocycles. The Morgan fingerprint density at radius 2 is 1.83 bits per heavy atom. The summed E-state index contributed by atoms with van der Waals surface area (Å²) < 4.78 is 15.9. The number of likely N-dealkylation sites (N-methyl/N-ethyl adjacent to an activating group) is 1. The summed E-state index contributed by atoms with van der Waals surface area (Å²) in [6.45, 7) is 0.990. The largest absolute Gasteiger partial charge is 0.463 e. The molecule has 0 spiro atoms. The molecule has 0 fully saturated rings. The predicted molar refractivity (Wildman–Crippen MR) is 110 cm³/mol. The molecular weight excluding hydrogens is 386 g/mol. The van der Waals surface area contributed by atoms with Crippen LogP contribution in [-0.2, 0) is 11.3 Å². The van der Waals surface area contributed by atoms with E-state index in [9.17, 15) is 9.59 Å². The number of amides is 2. The average Bonchev–Trinajstić information content (AvgIpc) is 3.39. The lowest BCUT2D eigenvalue weighted by molar-refractivity contribution is -0.886. The van der Waals surface area contributed by atoms with E-state index in [1.807, 2.05) is 19.2 Å². The van der Waals surface area contributed by atoms with Gasteiger partial charge in [0.25, 0.3) is 11.8 Å². The van der Waals surface area contributed by atoms with Crippen LogP contribution in [0.1, 0.15) is 16.1 Å². The van der Waals surface area contributed by atoms with Crippen molar-refractivity contribution in [3.8, 4) is 11.5 Å². The molecule has 0 aliphatic carbocycles. The Hall–Kier alpha value is -3.78. The Labute approximate surface area is 173 Å². The van der Waals surface area contributed by atoms with Crippen LogP contribution in [0.15, 0.2) is 65.3 Å². The first kappa shape index (κ1) is 19.5. The minimum atomic E-state index is -0.332. The van der Waals surface area contributed by atoms with Crippen LogP contribution in [0.5, 0.6) is 11.5 Å². The van der Waals surface area contributed by atoms with Gasteiger partial charge in [-0.15, -0.1) is 0 Å². The molecule has 1 unspecified atom stereocenters. The summed E-state index contributed by atoms with van der Waals surface area (Å²) in [4.78, 5) is 26.2. The number of hydrogen-bond donors (Lipinski definition) is 3. The molecule has 4 rings (SSSR count). The summed E-state index contributed by atoms with van der Waals surface area (Å²) in [5, 5.41) is 5.66. The van der Waals surface area contributed by atoms with Crippen molar-refractivity contribution in [3.63, 3.8) is 0 Å². The van der Waals surface area contributed by atoms with Gasteiger partial charge in [-0.25, -0.2) is 0 Å². The number of quaternary nitrogens is 1. The summed E-state index contributed by atoms with van der Waals surface area (Å²) in [7, 11) is 1.90. The number of nitrogens with one attached hydrogen (secondary N) is 3. The summed E-state index contributed by atoms with van der Waals surface area (Å²) in [6.07, 6.45) is 1.61. The molecule has 2 heterocycles. The molecular formula is C22H22N3O5+. The number of carbonyl (C=O) groups excluding carboxylic acids is 2. The quantitative estimate of drug-likeness (QED) is 0.555. The second kappa shape index (κ2) is 8.71. The van der Waals surface area contributed by atoms with Crippen molar-refractivity contribution < 1.29 is 28.4 Å². The molecule has 1 atom stereocenters. The van der Waals surface area contributed by atoms with Crippen molar-refractivity contribution >= 4 is 23.2 Å². The van der Waals surface area contributed by atoms with Crippen LogP contribution < -0.4 is 25.0 Å². The minimum Gasteiger partial charge on any atom is -0.463 e. The van der Waals surface area contributed by atoms with Crippen molar-refractivity contribution in [1.29, 1.82) is 0 Å². The molecule has 0 bridgehead atoms. The molecule has 0 radical (unpaired) electrons. The summed E-state index contributed by atoms with van der Waals surface area (Å²) in [6, 6.07) is 15.8. The Morgan fingerprint density at radius 3 is 2.67 bits per heavy atom. The molecule has 0 saturated heterocycles. The maximum absolute atomic E-state index is 12.8.